The van der Waals surface area contributed by atoms with Crippen molar-refractivity contribution in [3.05, 3.63) is 54.4 Å². The van der Waals surface area contributed by atoms with Crippen LogP contribution in [0.15, 0.2) is 48.7 Å². The second-order valence-electron chi connectivity index (χ2n) is 5.68. The van der Waals surface area contributed by atoms with Crippen LogP contribution in [0.25, 0.3) is 0 Å². The van der Waals surface area contributed by atoms with Gasteiger partial charge in [0.15, 0.2) is 0 Å². The summed E-state index contributed by atoms with van der Waals surface area (Å²) in [7, 11) is 1.61. The molecule has 1 aromatic carbocycles. The van der Waals surface area contributed by atoms with Crippen LogP contribution in [0.4, 0.5) is 0 Å². The van der Waals surface area contributed by atoms with Crippen molar-refractivity contribution in [3.63, 3.8) is 0 Å². The van der Waals surface area contributed by atoms with E-state index in [9.17, 15) is 9.90 Å². The van der Waals surface area contributed by atoms with Crippen LogP contribution in [0.3, 0.4) is 0 Å². The summed E-state index contributed by atoms with van der Waals surface area (Å²) in [5.41, 5.74) is 0.290. The quantitative estimate of drug-likeness (QED) is 0.910. The molecule has 1 saturated heterocycles. The van der Waals surface area contributed by atoms with Crippen LogP contribution >= 0.6 is 0 Å². The number of rotatable bonds is 5. The van der Waals surface area contributed by atoms with Crippen LogP contribution in [0, 0.1) is 0 Å². The van der Waals surface area contributed by atoms with Gasteiger partial charge in [-0.1, -0.05) is 18.2 Å². The minimum Gasteiger partial charge on any atom is -0.457 e. The summed E-state index contributed by atoms with van der Waals surface area (Å²) in [5, 5.41) is 9.50. The predicted octanol–water partition coefficient (Wildman–Crippen LogP) is 2.10. The number of hydrogen-bond acceptors (Lipinski definition) is 5. The Kier molecular flexibility index (Phi) is 5.08. The highest BCUT2D eigenvalue weighted by Gasteiger charge is 2.35. The molecule has 0 radical (unpaired) electrons. The maximum Gasteiger partial charge on any atom is 0.273 e. The summed E-state index contributed by atoms with van der Waals surface area (Å²) in [4.78, 5) is 18.5. The average Bonchev–Trinajstić information content (AvgIpc) is 3.05. The lowest BCUT2D eigenvalue weighted by Gasteiger charge is -2.22. The van der Waals surface area contributed by atoms with Crippen molar-refractivity contribution >= 4 is 5.91 Å². The predicted molar refractivity (Wildman–Crippen MR) is 88.1 cm³/mol. The minimum atomic E-state index is -0.247. The maximum absolute atomic E-state index is 12.7. The van der Waals surface area contributed by atoms with Gasteiger partial charge in [-0.2, -0.15) is 0 Å². The van der Waals surface area contributed by atoms with E-state index in [2.05, 4.69) is 4.98 Å². The van der Waals surface area contributed by atoms with Gasteiger partial charge < -0.3 is 19.5 Å². The molecule has 0 bridgehead atoms. The van der Waals surface area contributed by atoms with Gasteiger partial charge >= 0.3 is 0 Å². The molecular weight excluding hydrogens is 308 g/mol. The molecule has 6 nitrogen and oxygen atoms in total. The number of aliphatic hydroxyl groups excluding tert-OH is 1. The molecule has 2 atom stereocenters. The zero-order chi connectivity index (χ0) is 16.9. The summed E-state index contributed by atoms with van der Waals surface area (Å²) in [6.45, 7) is 0.359. The molecule has 0 saturated carbocycles. The van der Waals surface area contributed by atoms with Crippen LogP contribution in [0.5, 0.6) is 11.5 Å². The lowest BCUT2D eigenvalue weighted by molar-refractivity contribution is 0.0642. The second-order valence-corrected chi connectivity index (χ2v) is 5.68. The standard InChI is InChI=1S/C18H20N2O4/c1-23-16-9-13(12-21)20(11-16)18(22)17-10-15(7-8-19-17)24-14-5-3-2-4-6-14/h2-8,10,13,16,21H,9,11-12H2,1H3/t13-,16-/m0/s1. The number of nitrogens with zero attached hydrogens (tertiary/aromatic N) is 2. The highest BCUT2D eigenvalue weighted by atomic mass is 16.5. The first-order chi connectivity index (χ1) is 11.7. The number of pyridine rings is 1. The van der Waals surface area contributed by atoms with Gasteiger partial charge in [0, 0.05) is 25.9 Å². The van der Waals surface area contributed by atoms with Gasteiger partial charge in [0.05, 0.1) is 18.8 Å². The summed E-state index contributed by atoms with van der Waals surface area (Å²) in [5.74, 6) is 1.01. The molecule has 0 spiro atoms. The molecule has 1 fully saturated rings. The number of amides is 1. The van der Waals surface area contributed by atoms with Crippen molar-refractivity contribution in [1.29, 1.82) is 0 Å². The van der Waals surface area contributed by atoms with Gasteiger partial charge in [0.25, 0.3) is 5.91 Å². The van der Waals surface area contributed by atoms with Crippen LogP contribution in [0.2, 0.25) is 0 Å². The van der Waals surface area contributed by atoms with Crippen molar-refractivity contribution in [1.82, 2.24) is 9.88 Å². The number of ether oxygens (including phenoxy) is 2. The van der Waals surface area contributed by atoms with Crippen molar-refractivity contribution in [2.45, 2.75) is 18.6 Å². The van der Waals surface area contributed by atoms with Gasteiger partial charge in [0.2, 0.25) is 0 Å². The summed E-state index contributed by atoms with van der Waals surface area (Å²) < 4.78 is 11.1. The fraction of sp³-hybridized carbons (Fsp3) is 0.333. The Bertz CT molecular complexity index is 692. The Morgan fingerprint density at radius 2 is 2.08 bits per heavy atom. The van der Waals surface area contributed by atoms with Crippen LogP contribution < -0.4 is 4.74 Å². The number of hydrogen-bond donors (Lipinski definition) is 1. The molecule has 1 aromatic heterocycles. The van der Waals surface area contributed by atoms with Crippen molar-refractivity contribution in [3.8, 4) is 11.5 Å². The zero-order valence-electron chi connectivity index (χ0n) is 13.5. The van der Waals surface area contributed by atoms with Crippen LogP contribution in [0.1, 0.15) is 16.9 Å². The summed E-state index contributed by atoms with van der Waals surface area (Å²) in [6.07, 6.45) is 2.11. The number of likely N-dealkylation sites (tertiary alicyclic amines) is 1. The smallest absolute Gasteiger partial charge is 0.273 e. The van der Waals surface area contributed by atoms with Gasteiger partial charge in [-0.25, -0.2) is 0 Å². The van der Waals surface area contributed by atoms with Crippen LogP contribution in [-0.4, -0.2) is 53.3 Å². The summed E-state index contributed by atoms with van der Waals surface area (Å²) >= 11 is 0. The van der Waals surface area contributed by atoms with Gasteiger partial charge in [-0.15, -0.1) is 0 Å². The van der Waals surface area contributed by atoms with E-state index in [-0.39, 0.29) is 24.7 Å². The first-order valence-electron chi connectivity index (χ1n) is 7.85. The van der Waals surface area contributed by atoms with Gasteiger partial charge in [-0.3, -0.25) is 9.78 Å². The lowest BCUT2D eigenvalue weighted by Crippen LogP contribution is -2.38. The summed E-state index contributed by atoms with van der Waals surface area (Å²) in [6, 6.07) is 12.4. The van der Waals surface area contributed by atoms with E-state index in [1.54, 1.807) is 30.3 Å². The monoisotopic (exact) mass is 328 g/mol. The number of carbonyl (C=O) groups is 1. The molecule has 1 N–H and O–H groups in total. The number of methoxy groups -OCH3 is 1. The van der Waals surface area contributed by atoms with Crippen molar-refractivity contribution < 1.29 is 19.4 Å². The molecule has 1 amide bonds. The molecule has 1 aliphatic heterocycles. The fourth-order valence-corrected chi connectivity index (χ4v) is 2.83. The van der Waals surface area contributed by atoms with Gasteiger partial charge in [-0.05, 0) is 24.6 Å². The third-order valence-corrected chi connectivity index (χ3v) is 4.11. The van der Waals surface area contributed by atoms with E-state index in [0.29, 0.717) is 30.2 Å². The Balaban J connectivity index is 1.77. The zero-order valence-corrected chi connectivity index (χ0v) is 13.5. The normalized spacial score (nSPS) is 20.2. The number of aromatic nitrogens is 1. The SMILES string of the molecule is CO[C@H]1C[C@@H](CO)N(C(=O)c2cc(Oc3ccccc3)ccn2)C1. The average molecular weight is 328 g/mol. The van der Waals surface area contributed by atoms with E-state index in [4.69, 9.17) is 9.47 Å². The number of benzene rings is 1. The third-order valence-electron chi connectivity index (χ3n) is 4.11. The topological polar surface area (TPSA) is 71.9 Å². The molecular formula is C18H20N2O4. The Hall–Kier alpha value is -2.44. The minimum absolute atomic E-state index is 0.0603. The molecule has 24 heavy (non-hydrogen) atoms. The number of carbonyl (C=O) groups excluding carboxylic acids is 1. The van der Waals surface area contributed by atoms with E-state index in [0.717, 1.165) is 0 Å². The molecule has 2 aromatic rings. The first kappa shape index (κ1) is 16.4. The fourth-order valence-electron chi connectivity index (χ4n) is 2.83. The second kappa shape index (κ2) is 7.42. The number of para-hydroxylation sites is 1. The first-order valence-corrected chi connectivity index (χ1v) is 7.85. The largest absolute Gasteiger partial charge is 0.457 e. The van der Waals surface area contributed by atoms with Crippen molar-refractivity contribution in [2.75, 3.05) is 20.3 Å². The molecule has 6 heteroatoms. The Labute approximate surface area is 140 Å². The van der Waals surface area contributed by atoms with E-state index in [1.807, 2.05) is 30.3 Å². The molecule has 0 unspecified atom stereocenters. The molecule has 2 heterocycles. The Morgan fingerprint density at radius 1 is 1.29 bits per heavy atom. The number of aliphatic hydroxyl groups is 1. The third kappa shape index (κ3) is 3.55. The Morgan fingerprint density at radius 3 is 2.79 bits per heavy atom. The molecule has 0 aliphatic carbocycles. The van der Waals surface area contributed by atoms with E-state index < -0.39 is 0 Å². The van der Waals surface area contributed by atoms with E-state index in [1.165, 1.54) is 0 Å². The highest BCUT2D eigenvalue weighted by molar-refractivity contribution is 5.93. The highest BCUT2D eigenvalue weighted by Crippen LogP contribution is 2.24. The molecule has 1 aliphatic rings. The van der Waals surface area contributed by atoms with Gasteiger partial charge in [0.1, 0.15) is 17.2 Å². The molecule has 126 valence electrons. The van der Waals surface area contributed by atoms with Crippen molar-refractivity contribution in [2.24, 2.45) is 0 Å². The molecule has 3 rings (SSSR count). The maximum atomic E-state index is 12.7. The van der Waals surface area contributed by atoms with Crippen LogP contribution in [-0.2, 0) is 4.74 Å². The lowest BCUT2D eigenvalue weighted by atomic mass is 10.2. The van der Waals surface area contributed by atoms with E-state index >= 15 is 0 Å².